The van der Waals surface area contributed by atoms with Gasteiger partial charge in [0.1, 0.15) is 11.6 Å². The topological polar surface area (TPSA) is 79.2 Å². The Morgan fingerprint density at radius 3 is 2.55 bits per heavy atom. The van der Waals surface area contributed by atoms with Crippen LogP contribution >= 0.6 is 23.2 Å². The first-order chi connectivity index (χ1) is 18.4. The first-order valence-corrected chi connectivity index (χ1v) is 13.7. The highest BCUT2D eigenvalue weighted by atomic mass is 35.5. The number of nitrogens with zero attached hydrogens (tertiary/aromatic N) is 6. The number of benzene rings is 2. The minimum Gasteiger partial charge on any atom is -0.354 e. The molecule has 2 amide bonds. The van der Waals surface area contributed by atoms with Crippen molar-refractivity contribution in [2.24, 2.45) is 5.92 Å². The maximum Gasteiger partial charge on any atom is 0.321 e. The van der Waals surface area contributed by atoms with E-state index in [1.807, 2.05) is 52.2 Å². The minimum absolute atomic E-state index is 0.131. The van der Waals surface area contributed by atoms with Gasteiger partial charge in [-0.2, -0.15) is 5.10 Å². The lowest BCUT2D eigenvalue weighted by Gasteiger charge is -2.24. The van der Waals surface area contributed by atoms with Crippen molar-refractivity contribution in [3.8, 4) is 5.69 Å². The summed E-state index contributed by atoms with van der Waals surface area (Å²) in [5.41, 5.74) is 2.30. The van der Waals surface area contributed by atoms with Gasteiger partial charge in [-0.05, 0) is 55.2 Å². The van der Waals surface area contributed by atoms with Gasteiger partial charge in [0, 0.05) is 48.3 Å². The van der Waals surface area contributed by atoms with E-state index in [4.69, 9.17) is 33.2 Å². The summed E-state index contributed by atoms with van der Waals surface area (Å²) in [7, 11) is 0. The van der Waals surface area contributed by atoms with Crippen LogP contribution in [0.2, 0.25) is 10.0 Å². The van der Waals surface area contributed by atoms with Crippen LogP contribution in [-0.2, 0) is 6.42 Å². The Morgan fingerprint density at radius 2 is 1.79 bits per heavy atom. The van der Waals surface area contributed by atoms with Crippen LogP contribution in [0.4, 0.5) is 16.3 Å². The largest absolute Gasteiger partial charge is 0.354 e. The molecule has 1 aliphatic rings. The summed E-state index contributed by atoms with van der Waals surface area (Å²) in [6.45, 7) is 7.06. The third kappa shape index (κ3) is 6.03. The van der Waals surface area contributed by atoms with Crippen LogP contribution in [0.15, 0.2) is 54.7 Å². The van der Waals surface area contributed by atoms with Crippen molar-refractivity contribution < 1.29 is 4.79 Å². The smallest absolute Gasteiger partial charge is 0.321 e. The van der Waals surface area contributed by atoms with E-state index in [1.165, 1.54) is 0 Å². The third-order valence-electron chi connectivity index (χ3n) is 6.61. The number of urea groups is 1. The van der Waals surface area contributed by atoms with Gasteiger partial charge >= 0.3 is 6.03 Å². The van der Waals surface area contributed by atoms with E-state index in [0.717, 1.165) is 54.2 Å². The first kappa shape index (κ1) is 26.3. The zero-order valence-corrected chi connectivity index (χ0v) is 23.1. The summed E-state index contributed by atoms with van der Waals surface area (Å²) in [6.07, 6.45) is 4.42. The average Bonchev–Trinajstić information content (AvgIpc) is 3.15. The van der Waals surface area contributed by atoms with Gasteiger partial charge in [-0.25, -0.2) is 19.4 Å². The van der Waals surface area contributed by atoms with Crippen molar-refractivity contribution in [1.82, 2.24) is 24.6 Å². The molecule has 1 aliphatic heterocycles. The zero-order valence-electron chi connectivity index (χ0n) is 21.6. The second kappa shape index (κ2) is 11.6. The zero-order chi connectivity index (χ0) is 26.6. The molecule has 38 heavy (non-hydrogen) atoms. The van der Waals surface area contributed by atoms with Crippen LogP contribution < -0.4 is 10.2 Å². The van der Waals surface area contributed by atoms with Crippen LogP contribution in [0, 0.1) is 5.92 Å². The molecule has 0 unspecified atom stereocenters. The number of carbonyl (C=O) groups is 1. The van der Waals surface area contributed by atoms with Gasteiger partial charge in [0.2, 0.25) is 0 Å². The summed E-state index contributed by atoms with van der Waals surface area (Å²) >= 11 is 12.4. The maximum absolute atomic E-state index is 13.0. The fourth-order valence-electron chi connectivity index (χ4n) is 4.61. The number of amides is 2. The lowest BCUT2D eigenvalue weighted by Crippen LogP contribution is -2.38. The van der Waals surface area contributed by atoms with Gasteiger partial charge in [0.25, 0.3) is 0 Å². The Kier molecular flexibility index (Phi) is 8.00. The fourth-order valence-corrected chi connectivity index (χ4v) is 4.98. The van der Waals surface area contributed by atoms with Gasteiger partial charge < -0.3 is 15.1 Å². The molecule has 4 aromatic rings. The molecule has 1 saturated heterocycles. The monoisotopic (exact) mass is 551 g/mol. The molecule has 0 bridgehead atoms. The summed E-state index contributed by atoms with van der Waals surface area (Å²) in [5.74, 6) is 2.20. The molecule has 0 atom stereocenters. The van der Waals surface area contributed by atoms with Crippen molar-refractivity contribution in [2.75, 3.05) is 36.4 Å². The molecule has 10 heteroatoms. The quantitative estimate of drug-likeness (QED) is 0.297. The van der Waals surface area contributed by atoms with Crippen molar-refractivity contribution >= 4 is 51.8 Å². The van der Waals surface area contributed by atoms with Crippen molar-refractivity contribution in [2.45, 2.75) is 33.1 Å². The van der Waals surface area contributed by atoms with Crippen molar-refractivity contribution in [1.29, 1.82) is 0 Å². The number of anilines is 2. The number of carbonyl (C=O) groups excluding carboxylic acids is 1. The van der Waals surface area contributed by atoms with Crippen molar-refractivity contribution in [3.63, 3.8) is 0 Å². The molecular weight excluding hydrogens is 521 g/mol. The number of halogens is 2. The van der Waals surface area contributed by atoms with Gasteiger partial charge in [-0.1, -0.05) is 49.2 Å². The lowest BCUT2D eigenvalue weighted by atomic mass is 10.1. The number of fused-ring (bicyclic) bond motifs is 1. The Balaban J connectivity index is 1.42. The van der Waals surface area contributed by atoms with Crippen LogP contribution in [0.1, 0.15) is 32.5 Å². The molecule has 2 aromatic carbocycles. The molecule has 0 aliphatic carbocycles. The van der Waals surface area contributed by atoms with E-state index in [0.29, 0.717) is 41.3 Å². The maximum atomic E-state index is 13.0. The molecule has 198 valence electrons. The summed E-state index contributed by atoms with van der Waals surface area (Å²) in [5, 5.41) is 9.74. The Hall–Kier alpha value is -3.36. The van der Waals surface area contributed by atoms with E-state index in [1.54, 1.807) is 12.1 Å². The molecule has 3 heterocycles. The van der Waals surface area contributed by atoms with E-state index in [-0.39, 0.29) is 6.03 Å². The second-order valence-corrected chi connectivity index (χ2v) is 10.8. The number of aromatic nitrogens is 4. The third-order valence-corrected chi connectivity index (χ3v) is 7.08. The summed E-state index contributed by atoms with van der Waals surface area (Å²) < 4.78 is 1.83. The molecule has 1 fully saturated rings. The highest BCUT2D eigenvalue weighted by molar-refractivity contribution is 6.31. The van der Waals surface area contributed by atoms with Gasteiger partial charge in [-0.3, -0.25) is 0 Å². The molecule has 0 saturated carbocycles. The molecule has 5 rings (SSSR count). The highest BCUT2D eigenvalue weighted by Crippen LogP contribution is 2.28. The van der Waals surface area contributed by atoms with Crippen LogP contribution in [0.25, 0.3) is 16.7 Å². The molecule has 0 radical (unpaired) electrons. The number of rotatable bonds is 6. The number of aryl methyl sites for hydroxylation is 1. The molecular formula is C28H31Cl2N7O. The van der Waals surface area contributed by atoms with Gasteiger partial charge in [0.05, 0.1) is 17.3 Å². The fraction of sp³-hybridized carbons (Fsp3) is 0.357. The van der Waals surface area contributed by atoms with Crippen LogP contribution in [0.3, 0.4) is 0 Å². The SMILES string of the molecule is CC(C)CCc1nc(N2CCCN(C(=O)Nc3cccc(Cl)c3)CC2)c2cnn(-c3cccc(Cl)c3)c2n1. The Bertz CT molecular complexity index is 1440. The molecule has 0 spiro atoms. The standard InChI is InChI=1S/C28H31Cl2N7O/c1-19(2)10-11-25-33-26(24-18-31-37(27(24)34-25)23-9-4-7-21(30)17-23)35-12-5-13-36(15-14-35)28(38)32-22-8-3-6-20(29)16-22/h3-4,6-9,16-19H,5,10-15H2,1-2H3,(H,32,38). The van der Waals surface area contributed by atoms with E-state index >= 15 is 0 Å². The highest BCUT2D eigenvalue weighted by Gasteiger charge is 2.24. The first-order valence-electron chi connectivity index (χ1n) is 12.9. The normalized spacial score (nSPS) is 14.2. The van der Waals surface area contributed by atoms with E-state index in [2.05, 4.69) is 29.2 Å². The van der Waals surface area contributed by atoms with Gasteiger partial charge in [0.15, 0.2) is 5.65 Å². The number of hydrogen-bond acceptors (Lipinski definition) is 5. The number of hydrogen-bond donors (Lipinski definition) is 1. The molecule has 2 aromatic heterocycles. The predicted molar refractivity (Wildman–Crippen MR) is 154 cm³/mol. The van der Waals surface area contributed by atoms with Gasteiger partial charge in [-0.15, -0.1) is 0 Å². The second-order valence-electron chi connectivity index (χ2n) is 9.94. The van der Waals surface area contributed by atoms with Crippen molar-refractivity contribution in [3.05, 3.63) is 70.6 Å². The minimum atomic E-state index is -0.131. The van der Waals surface area contributed by atoms with E-state index in [9.17, 15) is 4.79 Å². The summed E-state index contributed by atoms with van der Waals surface area (Å²) in [6, 6.07) is 14.7. The van der Waals surface area contributed by atoms with Crippen LogP contribution in [0.5, 0.6) is 0 Å². The molecule has 1 N–H and O–H groups in total. The summed E-state index contributed by atoms with van der Waals surface area (Å²) in [4.78, 5) is 27.0. The molecule has 8 nitrogen and oxygen atoms in total. The Labute approximate surface area is 232 Å². The lowest BCUT2D eigenvalue weighted by molar-refractivity contribution is 0.215. The predicted octanol–water partition coefficient (Wildman–Crippen LogP) is 6.46. The number of nitrogens with one attached hydrogen (secondary N) is 1. The Morgan fingerprint density at radius 1 is 1.00 bits per heavy atom. The average molecular weight is 553 g/mol. The van der Waals surface area contributed by atoms with Crippen LogP contribution in [-0.4, -0.2) is 56.9 Å². The van der Waals surface area contributed by atoms with E-state index < -0.39 is 0 Å².